The molecule has 4 N–H and O–H groups in total. The number of nitrogens with two attached hydrogens (primary N) is 1. The third-order valence-corrected chi connectivity index (χ3v) is 6.64. The lowest BCUT2D eigenvalue weighted by molar-refractivity contribution is -0.122. The number of carbonyl (C=O) groups is 1. The molecular formula is C21H28ClN5O. The van der Waals surface area contributed by atoms with Gasteiger partial charge in [-0.2, -0.15) is 5.10 Å². The van der Waals surface area contributed by atoms with Gasteiger partial charge in [0.05, 0.1) is 0 Å². The monoisotopic (exact) mass is 401 g/mol. The van der Waals surface area contributed by atoms with Crippen LogP contribution >= 0.6 is 12.4 Å². The SMILES string of the molecule is Cl.NC1C2CCCC1CC(C(=O)Nc1cccc(-c3n[nH]c(C4CC4)n3)c1)C2. The third-order valence-electron chi connectivity index (χ3n) is 6.64. The van der Waals surface area contributed by atoms with E-state index in [0.717, 1.165) is 29.9 Å². The summed E-state index contributed by atoms with van der Waals surface area (Å²) in [6.07, 6.45) is 7.84. The molecule has 1 heterocycles. The first-order valence-corrected chi connectivity index (χ1v) is 10.3. The number of hydrogen-bond donors (Lipinski definition) is 3. The molecule has 28 heavy (non-hydrogen) atoms. The Morgan fingerprint density at radius 1 is 1.14 bits per heavy atom. The Labute approximate surface area is 171 Å². The number of aromatic nitrogens is 3. The van der Waals surface area contributed by atoms with Crippen LogP contribution in [-0.4, -0.2) is 27.1 Å². The fourth-order valence-electron chi connectivity index (χ4n) is 4.93. The topological polar surface area (TPSA) is 96.7 Å². The van der Waals surface area contributed by atoms with Crippen molar-refractivity contribution in [3.8, 4) is 11.4 Å². The Kier molecular flexibility index (Phi) is 5.43. The van der Waals surface area contributed by atoms with E-state index in [1.165, 1.54) is 32.1 Å². The molecule has 6 nitrogen and oxygen atoms in total. The largest absolute Gasteiger partial charge is 0.327 e. The highest BCUT2D eigenvalue weighted by atomic mass is 35.5. The first-order chi connectivity index (χ1) is 13.2. The molecule has 3 fully saturated rings. The smallest absolute Gasteiger partial charge is 0.227 e. The number of H-pyrrole nitrogens is 1. The molecule has 5 rings (SSSR count). The molecule has 2 bridgehead atoms. The zero-order chi connectivity index (χ0) is 18.4. The Balaban J connectivity index is 0.00000192. The van der Waals surface area contributed by atoms with E-state index in [-0.39, 0.29) is 30.3 Å². The van der Waals surface area contributed by atoms with Gasteiger partial charge in [-0.15, -0.1) is 12.4 Å². The summed E-state index contributed by atoms with van der Waals surface area (Å²) in [5.41, 5.74) is 8.11. The highest BCUT2D eigenvalue weighted by Gasteiger charge is 2.40. The lowest BCUT2D eigenvalue weighted by atomic mass is 9.65. The van der Waals surface area contributed by atoms with Crippen LogP contribution in [0, 0.1) is 17.8 Å². The maximum atomic E-state index is 12.9. The van der Waals surface area contributed by atoms with Gasteiger partial charge in [-0.05, 0) is 62.5 Å². The van der Waals surface area contributed by atoms with Crippen molar-refractivity contribution in [3.05, 3.63) is 30.1 Å². The van der Waals surface area contributed by atoms with Gasteiger partial charge in [0, 0.05) is 29.1 Å². The number of amides is 1. The molecule has 3 aliphatic rings. The summed E-state index contributed by atoms with van der Waals surface area (Å²) >= 11 is 0. The summed E-state index contributed by atoms with van der Waals surface area (Å²) in [7, 11) is 0. The van der Waals surface area contributed by atoms with Crippen LogP contribution in [0.25, 0.3) is 11.4 Å². The van der Waals surface area contributed by atoms with Gasteiger partial charge < -0.3 is 11.1 Å². The highest BCUT2D eigenvalue weighted by molar-refractivity contribution is 5.93. The van der Waals surface area contributed by atoms with Crippen LogP contribution < -0.4 is 11.1 Å². The lowest BCUT2D eigenvalue weighted by Gasteiger charge is -2.43. The van der Waals surface area contributed by atoms with E-state index in [4.69, 9.17) is 5.73 Å². The van der Waals surface area contributed by atoms with Crippen molar-refractivity contribution in [1.82, 2.24) is 15.2 Å². The molecular weight excluding hydrogens is 374 g/mol. The number of carbonyl (C=O) groups excluding carboxylic acids is 1. The van der Waals surface area contributed by atoms with Gasteiger partial charge in [-0.25, -0.2) is 4.98 Å². The van der Waals surface area contributed by atoms with E-state index in [1.807, 2.05) is 24.3 Å². The molecule has 2 unspecified atom stereocenters. The van der Waals surface area contributed by atoms with Crippen molar-refractivity contribution >= 4 is 24.0 Å². The Bertz CT molecular complexity index is 835. The number of fused-ring (bicyclic) bond motifs is 2. The maximum Gasteiger partial charge on any atom is 0.227 e. The molecule has 3 aliphatic carbocycles. The fraction of sp³-hybridized carbons (Fsp3) is 0.571. The molecule has 0 spiro atoms. The van der Waals surface area contributed by atoms with E-state index >= 15 is 0 Å². The van der Waals surface area contributed by atoms with Crippen LogP contribution in [0.4, 0.5) is 5.69 Å². The molecule has 7 heteroatoms. The van der Waals surface area contributed by atoms with E-state index in [2.05, 4.69) is 20.5 Å². The maximum absolute atomic E-state index is 12.9. The number of rotatable bonds is 4. The van der Waals surface area contributed by atoms with Crippen molar-refractivity contribution in [3.63, 3.8) is 0 Å². The second kappa shape index (κ2) is 7.84. The number of aromatic amines is 1. The summed E-state index contributed by atoms with van der Waals surface area (Å²) in [4.78, 5) is 17.5. The molecule has 1 aromatic heterocycles. The number of nitrogens with one attached hydrogen (secondary N) is 2. The predicted molar refractivity (Wildman–Crippen MR) is 111 cm³/mol. The van der Waals surface area contributed by atoms with Crippen LogP contribution in [0.5, 0.6) is 0 Å². The molecule has 2 aromatic rings. The summed E-state index contributed by atoms with van der Waals surface area (Å²) < 4.78 is 0. The number of anilines is 1. The highest BCUT2D eigenvalue weighted by Crippen LogP contribution is 2.42. The summed E-state index contributed by atoms with van der Waals surface area (Å²) in [5, 5.41) is 10.5. The normalized spacial score (nSPS) is 29.0. The predicted octanol–water partition coefficient (Wildman–Crippen LogP) is 3.86. The number of halogens is 1. The minimum Gasteiger partial charge on any atom is -0.327 e. The Hall–Kier alpha value is -1.92. The minimum atomic E-state index is 0. The van der Waals surface area contributed by atoms with E-state index in [9.17, 15) is 4.79 Å². The van der Waals surface area contributed by atoms with Crippen molar-refractivity contribution < 1.29 is 4.79 Å². The lowest BCUT2D eigenvalue weighted by Crippen LogP contribution is -2.48. The number of hydrogen-bond acceptors (Lipinski definition) is 4. The van der Waals surface area contributed by atoms with Crippen molar-refractivity contribution in [1.29, 1.82) is 0 Å². The fourth-order valence-corrected chi connectivity index (χ4v) is 4.93. The number of benzene rings is 1. The summed E-state index contributed by atoms with van der Waals surface area (Å²) in [5.74, 6) is 3.45. The molecule has 1 aromatic carbocycles. The molecule has 0 aliphatic heterocycles. The summed E-state index contributed by atoms with van der Waals surface area (Å²) in [6.45, 7) is 0. The number of nitrogens with zero attached hydrogens (tertiary/aromatic N) is 2. The van der Waals surface area contributed by atoms with Gasteiger partial charge in [-0.1, -0.05) is 18.6 Å². The van der Waals surface area contributed by atoms with Crippen LogP contribution in [0.15, 0.2) is 24.3 Å². The Morgan fingerprint density at radius 3 is 2.61 bits per heavy atom. The second-order valence-electron chi connectivity index (χ2n) is 8.59. The van der Waals surface area contributed by atoms with Crippen molar-refractivity contribution in [2.24, 2.45) is 23.5 Å². The van der Waals surface area contributed by atoms with Gasteiger partial charge >= 0.3 is 0 Å². The van der Waals surface area contributed by atoms with E-state index < -0.39 is 0 Å². The van der Waals surface area contributed by atoms with Crippen LogP contribution in [0.2, 0.25) is 0 Å². The average Bonchev–Trinajstić information content (AvgIpc) is 3.38. The second-order valence-corrected chi connectivity index (χ2v) is 8.59. The van der Waals surface area contributed by atoms with E-state index in [1.54, 1.807) is 0 Å². The molecule has 0 saturated heterocycles. The molecule has 150 valence electrons. The summed E-state index contributed by atoms with van der Waals surface area (Å²) in [6, 6.07) is 8.12. The van der Waals surface area contributed by atoms with Gasteiger partial charge in [0.25, 0.3) is 0 Å². The molecule has 2 atom stereocenters. The standard InChI is InChI=1S/C21H27N5O.ClH/c22-18-13-3-1-4-14(18)10-16(9-13)21(27)23-17-6-2-5-15(11-17)20-24-19(25-26-20)12-7-8-12;/h2,5-6,11-14,16,18H,1,3-4,7-10,22H2,(H,23,27)(H,24,25,26);1H. The molecule has 0 radical (unpaired) electrons. The average molecular weight is 402 g/mol. The van der Waals surface area contributed by atoms with Gasteiger partial charge in [0.15, 0.2) is 5.82 Å². The molecule has 1 amide bonds. The van der Waals surface area contributed by atoms with Crippen LogP contribution in [0.3, 0.4) is 0 Å². The van der Waals surface area contributed by atoms with Gasteiger partial charge in [-0.3, -0.25) is 9.89 Å². The van der Waals surface area contributed by atoms with Crippen molar-refractivity contribution in [2.75, 3.05) is 5.32 Å². The Morgan fingerprint density at radius 2 is 1.89 bits per heavy atom. The first-order valence-electron chi connectivity index (χ1n) is 10.3. The van der Waals surface area contributed by atoms with Crippen molar-refractivity contribution in [2.45, 2.75) is 56.9 Å². The zero-order valence-corrected chi connectivity index (χ0v) is 16.8. The van der Waals surface area contributed by atoms with Gasteiger partial charge in [0.1, 0.15) is 5.82 Å². The van der Waals surface area contributed by atoms with E-state index in [0.29, 0.717) is 23.6 Å². The van der Waals surface area contributed by atoms with Crippen LogP contribution in [0.1, 0.15) is 56.7 Å². The van der Waals surface area contributed by atoms with Gasteiger partial charge in [0.2, 0.25) is 5.91 Å². The quantitative estimate of drug-likeness (QED) is 0.724. The van der Waals surface area contributed by atoms with Crippen LogP contribution in [-0.2, 0) is 4.79 Å². The first kappa shape index (κ1) is 19.4. The zero-order valence-electron chi connectivity index (χ0n) is 15.9. The third kappa shape index (κ3) is 3.80. The molecule has 3 saturated carbocycles. The minimum absolute atomic E-state index is 0.